The lowest BCUT2D eigenvalue weighted by atomic mass is 10.1. The van der Waals surface area contributed by atoms with E-state index in [9.17, 15) is 0 Å². The fourth-order valence-electron chi connectivity index (χ4n) is 1.51. The van der Waals surface area contributed by atoms with Gasteiger partial charge < -0.3 is 10.2 Å². The summed E-state index contributed by atoms with van der Waals surface area (Å²) in [6.45, 7) is 12.6. The van der Waals surface area contributed by atoms with E-state index in [1.54, 1.807) is 0 Å². The molecule has 0 fully saturated rings. The maximum atomic E-state index is 3.52. The van der Waals surface area contributed by atoms with Crippen LogP contribution in [0.2, 0.25) is 0 Å². The second-order valence-corrected chi connectivity index (χ2v) is 5.54. The third kappa shape index (κ3) is 11.8. The van der Waals surface area contributed by atoms with Crippen LogP contribution in [0.4, 0.5) is 0 Å². The largest absolute Gasteiger partial charge is 0.312 e. The van der Waals surface area contributed by atoms with Crippen LogP contribution in [0.1, 0.15) is 53.4 Å². The Morgan fingerprint density at radius 2 is 1.60 bits per heavy atom. The number of rotatable bonds is 8. The maximum absolute atomic E-state index is 3.52. The second kappa shape index (κ2) is 8.12. The van der Waals surface area contributed by atoms with Gasteiger partial charge in [-0.1, -0.05) is 13.3 Å². The molecule has 0 radical (unpaired) electrons. The highest BCUT2D eigenvalue weighted by molar-refractivity contribution is 4.69. The van der Waals surface area contributed by atoms with Crippen LogP contribution in [0.25, 0.3) is 0 Å². The molecule has 0 rings (SSSR count). The van der Waals surface area contributed by atoms with E-state index < -0.39 is 0 Å². The molecule has 15 heavy (non-hydrogen) atoms. The molecule has 0 aliphatic carbocycles. The molecule has 0 bridgehead atoms. The molecule has 2 heteroatoms. The Bertz CT molecular complexity index is 138. The first-order chi connectivity index (χ1) is 6.95. The van der Waals surface area contributed by atoms with E-state index in [4.69, 9.17) is 0 Å². The average molecular weight is 214 g/mol. The zero-order valence-corrected chi connectivity index (χ0v) is 11.4. The molecule has 0 aliphatic rings. The minimum Gasteiger partial charge on any atom is -0.312 e. The van der Waals surface area contributed by atoms with Gasteiger partial charge >= 0.3 is 0 Å². The molecule has 1 N–H and O–H groups in total. The molecule has 0 unspecified atom stereocenters. The first-order valence-corrected chi connectivity index (χ1v) is 6.39. The summed E-state index contributed by atoms with van der Waals surface area (Å²) in [4.78, 5) is 2.45. The molecule has 0 aromatic carbocycles. The molecule has 92 valence electrons. The molecular formula is C13H30N2. The van der Waals surface area contributed by atoms with Crippen LogP contribution in [0, 0.1) is 0 Å². The van der Waals surface area contributed by atoms with E-state index in [-0.39, 0.29) is 5.54 Å². The van der Waals surface area contributed by atoms with Crippen molar-refractivity contribution in [1.82, 2.24) is 10.2 Å². The number of unbranched alkanes of at least 4 members (excludes halogenated alkanes) is 2. The molecule has 0 aromatic rings. The van der Waals surface area contributed by atoms with E-state index in [2.05, 4.69) is 45.0 Å². The van der Waals surface area contributed by atoms with Gasteiger partial charge in [-0.25, -0.2) is 0 Å². The molecular weight excluding hydrogens is 184 g/mol. The molecule has 0 spiro atoms. The lowest BCUT2D eigenvalue weighted by Gasteiger charge is -2.21. The van der Waals surface area contributed by atoms with E-state index in [1.165, 1.54) is 38.8 Å². The summed E-state index contributed by atoms with van der Waals surface area (Å²) in [6.07, 6.45) is 5.23. The normalized spacial score (nSPS) is 12.4. The number of nitrogens with zero attached hydrogens (tertiary/aromatic N) is 1. The zero-order valence-electron chi connectivity index (χ0n) is 11.4. The summed E-state index contributed by atoms with van der Waals surface area (Å²) < 4.78 is 0. The summed E-state index contributed by atoms with van der Waals surface area (Å²) in [6, 6.07) is 0. The van der Waals surface area contributed by atoms with Crippen LogP contribution in [0.15, 0.2) is 0 Å². The average Bonchev–Trinajstić information content (AvgIpc) is 2.12. The summed E-state index contributed by atoms with van der Waals surface area (Å²) in [5.74, 6) is 0. The van der Waals surface area contributed by atoms with Crippen molar-refractivity contribution in [2.75, 3.05) is 26.7 Å². The zero-order chi connectivity index (χ0) is 11.7. The van der Waals surface area contributed by atoms with Gasteiger partial charge in [-0.2, -0.15) is 0 Å². The highest BCUT2D eigenvalue weighted by atomic mass is 15.1. The molecule has 2 nitrogen and oxygen atoms in total. The SMILES string of the molecule is CCCCN(C)CCCCNC(C)(C)C. The highest BCUT2D eigenvalue weighted by Gasteiger charge is 2.07. The Kier molecular flexibility index (Phi) is 8.07. The van der Waals surface area contributed by atoms with Crippen LogP contribution >= 0.6 is 0 Å². The Morgan fingerprint density at radius 3 is 2.13 bits per heavy atom. The van der Waals surface area contributed by atoms with Crippen molar-refractivity contribution in [3.05, 3.63) is 0 Å². The van der Waals surface area contributed by atoms with Gasteiger partial charge in [0.1, 0.15) is 0 Å². The van der Waals surface area contributed by atoms with E-state index >= 15 is 0 Å². The van der Waals surface area contributed by atoms with Crippen molar-refractivity contribution in [3.8, 4) is 0 Å². The molecule has 0 heterocycles. The van der Waals surface area contributed by atoms with Crippen molar-refractivity contribution in [3.63, 3.8) is 0 Å². The molecule has 0 aromatic heterocycles. The summed E-state index contributed by atoms with van der Waals surface area (Å²) in [5.41, 5.74) is 0.272. The van der Waals surface area contributed by atoms with Crippen LogP contribution in [-0.4, -0.2) is 37.1 Å². The van der Waals surface area contributed by atoms with Gasteiger partial charge in [0.25, 0.3) is 0 Å². The Labute approximate surface area is 96.4 Å². The first kappa shape index (κ1) is 14.9. The summed E-state index contributed by atoms with van der Waals surface area (Å²) in [7, 11) is 2.23. The smallest absolute Gasteiger partial charge is 0.00965 e. The maximum Gasteiger partial charge on any atom is 0.00965 e. The van der Waals surface area contributed by atoms with E-state index in [0.29, 0.717) is 0 Å². The lowest BCUT2D eigenvalue weighted by molar-refractivity contribution is 0.315. The van der Waals surface area contributed by atoms with Crippen molar-refractivity contribution in [2.24, 2.45) is 0 Å². The standard InChI is InChI=1S/C13H30N2/c1-6-7-11-15(5)12-9-8-10-14-13(2,3)4/h14H,6-12H2,1-5H3. The van der Waals surface area contributed by atoms with E-state index in [0.717, 1.165) is 6.54 Å². The highest BCUT2D eigenvalue weighted by Crippen LogP contribution is 2.00. The van der Waals surface area contributed by atoms with Crippen LogP contribution in [0.3, 0.4) is 0 Å². The molecule has 0 saturated carbocycles. The summed E-state index contributed by atoms with van der Waals surface area (Å²) in [5, 5.41) is 3.52. The quantitative estimate of drug-likeness (QED) is 0.625. The number of hydrogen-bond acceptors (Lipinski definition) is 2. The van der Waals surface area contributed by atoms with Crippen molar-refractivity contribution >= 4 is 0 Å². The summed E-state index contributed by atoms with van der Waals surface area (Å²) >= 11 is 0. The Balaban J connectivity index is 3.23. The number of hydrogen-bond donors (Lipinski definition) is 1. The third-order valence-electron chi connectivity index (χ3n) is 2.52. The van der Waals surface area contributed by atoms with Crippen molar-refractivity contribution < 1.29 is 0 Å². The second-order valence-electron chi connectivity index (χ2n) is 5.54. The van der Waals surface area contributed by atoms with Gasteiger partial charge in [-0.15, -0.1) is 0 Å². The van der Waals surface area contributed by atoms with Crippen molar-refractivity contribution in [1.29, 1.82) is 0 Å². The van der Waals surface area contributed by atoms with Crippen molar-refractivity contribution in [2.45, 2.75) is 58.9 Å². The molecule has 0 aliphatic heterocycles. The van der Waals surface area contributed by atoms with Gasteiger partial charge in [-0.05, 0) is 66.7 Å². The predicted octanol–water partition coefficient (Wildman–Crippen LogP) is 2.89. The fraction of sp³-hybridized carbons (Fsp3) is 1.00. The van der Waals surface area contributed by atoms with Gasteiger partial charge in [0.05, 0.1) is 0 Å². The van der Waals surface area contributed by atoms with Crippen LogP contribution in [0.5, 0.6) is 0 Å². The Hall–Kier alpha value is -0.0800. The monoisotopic (exact) mass is 214 g/mol. The number of nitrogens with one attached hydrogen (secondary N) is 1. The van der Waals surface area contributed by atoms with Crippen LogP contribution in [-0.2, 0) is 0 Å². The van der Waals surface area contributed by atoms with Gasteiger partial charge in [0.15, 0.2) is 0 Å². The lowest BCUT2D eigenvalue weighted by Crippen LogP contribution is -2.36. The Morgan fingerprint density at radius 1 is 1.00 bits per heavy atom. The molecule has 0 saturated heterocycles. The van der Waals surface area contributed by atoms with Gasteiger partial charge in [0.2, 0.25) is 0 Å². The third-order valence-corrected chi connectivity index (χ3v) is 2.52. The van der Waals surface area contributed by atoms with Gasteiger partial charge in [0, 0.05) is 5.54 Å². The van der Waals surface area contributed by atoms with Gasteiger partial charge in [-0.3, -0.25) is 0 Å². The van der Waals surface area contributed by atoms with E-state index in [1.807, 2.05) is 0 Å². The molecule has 0 amide bonds. The minimum absolute atomic E-state index is 0.272. The predicted molar refractivity (Wildman–Crippen MR) is 69.4 cm³/mol. The van der Waals surface area contributed by atoms with Crippen LogP contribution < -0.4 is 5.32 Å². The fourth-order valence-corrected chi connectivity index (χ4v) is 1.51. The first-order valence-electron chi connectivity index (χ1n) is 6.39. The topological polar surface area (TPSA) is 15.3 Å². The molecule has 0 atom stereocenters. The minimum atomic E-state index is 0.272.